The van der Waals surface area contributed by atoms with Gasteiger partial charge in [-0.3, -0.25) is 4.99 Å². The van der Waals surface area contributed by atoms with Crippen molar-refractivity contribution < 1.29 is 23.1 Å². The van der Waals surface area contributed by atoms with E-state index in [2.05, 4.69) is 11.6 Å². The summed E-state index contributed by atoms with van der Waals surface area (Å²) >= 11 is 0. The van der Waals surface area contributed by atoms with Crippen LogP contribution in [-0.2, 0) is 4.79 Å². The Bertz CT molecular complexity index is 305. The summed E-state index contributed by atoms with van der Waals surface area (Å²) in [5.74, 6) is -1.47. The molecule has 0 aliphatic carbocycles. The molecule has 0 aliphatic rings. The number of halogens is 3. The van der Waals surface area contributed by atoms with Crippen molar-refractivity contribution in [2.45, 2.75) is 6.18 Å². The molecule has 0 aromatic rings. The van der Waals surface area contributed by atoms with E-state index in [-0.39, 0.29) is 0 Å². The van der Waals surface area contributed by atoms with Gasteiger partial charge in [0.2, 0.25) is 0 Å². The first-order valence-corrected chi connectivity index (χ1v) is 3.24. The molecule has 4 nitrogen and oxygen atoms in total. The van der Waals surface area contributed by atoms with E-state index in [0.29, 0.717) is 12.4 Å². The molecule has 0 spiro atoms. The zero-order valence-electron chi connectivity index (χ0n) is 6.88. The normalized spacial score (nSPS) is 13.2. The Morgan fingerprint density at radius 3 is 2.29 bits per heavy atom. The molecule has 0 radical (unpaired) electrons. The van der Waals surface area contributed by atoms with Gasteiger partial charge in [0.25, 0.3) is 0 Å². The maximum atomic E-state index is 11.8. The van der Waals surface area contributed by atoms with Crippen LogP contribution in [0, 0.1) is 0 Å². The second kappa shape index (κ2) is 4.45. The molecule has 0 aliphatic heterocycles. The van der Waals surface area contributed by atoms with Crippen LogP contribution >= 0.6 is 0 Å². The first-order chi connectivity index (χ1) is 6.29. The van der Waals surface area contributed by atoms with Gasteiger partial charge in [-0.25, -0.2) is 4.79 Å². The largest absolute Gasteiger partial charge is 0.478 e. The van der Waals surface area contributed by atoms with Crippen molar-refractivity contribution in [3.8, 4) is 0 Å². The van der Waals surface area contributed by atoms with Gasteiger partial charge < -0.3 is 10.8 Å². The summed E-state index contributed by atoms with van der Waals surface area (Å²) in [7, 11) is 0. The second-order valence-corrected chi connectivity index (χ2v) is 2.13. The Morgan fingerprint density at radius 2 is 2.00 bits per heavy atom. The molecule has 0 amide bonds. The molecule has 0 aromatic heterocycles. The topological polar surface area (TPSA) is 75.7 Å². The summed E-state index contributed by atoms with van der Waals surface area (Å²) in [5.41, 5.74) is 2.89. The summed E-state index contributed by atoms with van der Waals surface area (Å²) in [4.78, 5) is 13.1. The first-order valence-electron chi connectivity index (χ1n) is 3.24. The Labute approximate surface area is 77.2 Å². The van der Waals surface area contributed by atoms with Crippen molar-refractivity contribution in [2.75, 3.05) is 0 Å². The highest BCUT2D eigenvalue weighted by Crippen LogP contribution is 2.24. The highest BCUT2D eigenvalue weighted by molar-refractivity contribution is 6.08. The van der Waals surface area contributed by atoms with Gasteiger partial charge in [-0.2, -0.15) is 13.2 Å². The Hall–Kier alpha value is -1.79. The van der Waals surface area contributed by atoms with Gasteiger partial charge in [-0.15, -0.1) is 0 Å². The number of carboxylic acids is 1. The Morgan fingerprint density at radius 1 is 1.50 bits per heavy atom. The van der Waals surface area contributed by atoms with E-state index >= 15 is 0 Å². The van der Waals surface area contributed by atoms with Gasteiger partial charge in [0, 0.05) is 12.4 Å². The number of allylic oxidation sites excluding steroid dienone is 1. The second-order valence-electron chi connectivity index (χ2n) is 2.13. The molecule has 0 fully saturated rings. The SMILES string of the molecule is C=C(/N=C\C(=C/N)C(=O)O)C(F)(F)F. The molecule has 0 aromatic carbocycles. The average Bonchev–Trinajstić information content (AvgIpc) is 2.02. The number of alkyl halides is 3. The number of carbonyl (C=O) groups is 1. The van der Waals surface area contributed by atoms with Crippen molar-refractivity contribution in [2.24, 2.45) is 10.7 Å². The molecule has 0 unspecified atom stereocenters. The maximum absolute atomic E-state index is 11.8. The third-order valence-electron chi connectivity index (χ3n) is 1.11. The zero-order valence-corrected chi connectivity index (χ0v) is 6.88. The van der Waals surface area contributed by atoms with Crippen LogP contribution in [0.25, 0.3) is 0 Å². The molecule has 0 saturated heterocycles. The number of carboxylic acid groups (broad SMARTS) is 1. The number of nitrogens with zero attached hydrogens (tertiary/aromatic N) is 1. The molecule has 7 heteroatoms. The van der Waals surface area contributed by atoms with Gasteiger partial charge in [0.15, 0.2) is 0 Å². The highest BCUT2D eigenvalue weighted by Gasteiger charge is 2.31. The lowest BCUT2D eigenvalue weighted by atomic mass is 10.3. The zero-order chi connectivity index (χ0) is 11.4. The van der Waals surface area contributed by atoms with Crippen LogP contribution < -0.4 is 5.73 Å². The predicted molar refractivity (Wildman–Crippen MR) is 43.6 cm³/mol. The van der Waals surface area contributed by atoms with Crippen molar-refractivity contribution in [1.29, 1.82) is 0 Å². The molecule has 14 heavy (non-hydrogen) atoms. The summed E-state index contributed by atoms with van der Waals surface area (Å²) in [5, 5.41) is 8.34. The van der Waals surface area contributed by atoms with Gasteiger partial charge >= 0.3 is 12.1 Å². The van der Waals surface area contributed by atoms with Crippen LogP contribution in [0.4, 0.5) is 13.2 Å². The van der Waals surface area contributed by atoms with E-state index in [1.165, 1.54) is 0 Å². The van der Waals surface area contributed by atoms with Crippen molar-refractivity contribution in [3.63, 3.8) is 0 Å². The first kappa shape index (κ1) is 12.2. The molecule has 0 atom stereocenters. The van der Waals surface area contributed by atoms with E-state index in [1.807, 2.05) is 0 Å². The van der Waals surface area contributed by atoms with Crippen molar-refractivity contribution in [3.05, 3.63) is 24.0 Å². The maximum Gasteiger partial charge on any atom is 0.432 e. The summed E-state index contributed by atoms with van der Waals surface area (Å²) in [6.45, 7) is 2.61. The third-order valence-corrected chi connectivity index (χ3v) is 1.11. The molecule has 0 heterocycles. The highest BCUT2D eigenvalue weighted by atomic mass is 19.4. The molecule has 0 rings (SSSR count). The van der Waals surface area contributed by atoms with Crippen LogP contribution in [0.5, 0.6) is 0 Å². The minimum absolute atomic E-state index is 0.484. The lowest BCUT2D eigenvalue weighted by Crippen LogP contribution is -2.10. The third kappa shape index (κ3) is 3.74. The van der Waals surface area contributed by atoms with Crippen LogP contribution in [0.1, 0.15) is 0 Å². The quantitative estimate of drug-likeness (QED) is 0.537. The monoisotopic (exact) mass is 208 g/mol. The summed E-state index contributed by atoms with van der Waals surface area (Å²) in [6.07, 6.45) is -3.55. The van der Waals surface area contributed by atoms with Crippen LogP contribution in [0.15, 0.2) is 29.0 Å². The minimum Gasteiger partial charge on any atom is -0.478 e. The van der Waals surface area contributed by atoms with Gasteiger partial charge in [-0.05, 0) is 0 Å². The number of hydrogen-bond acceptors (Lipinski definition) is 3. The summed E-state index contributed by atoms with van der Waals surface area (Å²) < 4.78 is 35.4. The fourth-order valence-electron chi connectivity index (χ4n) is 0.390. The Kier molecular flexibility index (Phi) is 3.88. The van der Waals surface area contributed by atoms with E-state index in [9.17, 15) is 18.0 Å². The van der Waals surface area contributed by atoms with E-state index in [1.54, 1.807) is 0 Å². The predicted octanol–water partition coefficient (Wildman–Crippen LogP) is 1.06. The number of nitrogens with two attached hydrogens (primary N) is 1. The van der Waals surface area contributed by atoms with E-state index in [4.69, 9.17) is 10.8 Å². The minimum atomic E-state index is -4.67. The van der Waals surface area contributed by atoms with Crippen molar-refractivity contribution in [1.82, 2.24) is 0 Å². The van der Waals surface area contributed by atoms with E-state index < -0.39 is 23.4 Å². The molecular formula is C7H7F3N2O2. The molecule has 0 saturated carbocycles. The van der Waals surface area contributed by atoms with Gasteiger partial charge in [0.05, 0.1) is 5.57 Å². The van der Waals surface area contributed by atoms with Crippen LogP contribution in [0.3, 0.4) is 0 Å². The number of hydrogen-bond donors (Lipinski definition) is 2. The molecule has 0 bridgehead atoms. The summed E-state index contributed by atoms with van der Waals surface area (Å²) in [6, 6.07) is 0. The van der Waals surface area contributed by atoms with Crippen LogP contribution in [0.2, 0.25) is 0 Å². The number of rotatable bonds is 3. The Balaban J connectivity index is 4.61. The van der Waals surface area contributed by atoms with Crippen molar-refractivity contribution >= 4 is 12.2 Å². The lowest BCUT2D eigenvalue weighted by Gasteiger charge is -2.03. The molecule has 3 N–H and O–H groups in total. The van der Waals surface area contributed by atoms with Gasteiger partial charge in [0.1, 0.15) is 5.70 Å². The fraction of sp³-hybridized carbons (Fsp3) is 0.143. The smallest absolute Gasteiger partial charge is 0.432 e. The standard InChI is InChI=1S/C7H7F3N2O2/c1-4(7(8,9)10)12-3-5(2-11)6(13)14/h2-3H,1,11H2,(H,13,14)/b5-2+,12-3-. The van der Waals surface area contributed by atoms with Crippen LogP contribution in [-0.4, -0.2) is 23.5 Å². The lowest BCUT2D eigenvalue weighted by molar-refractivity contribution is -0.132. The number of aliphatic imine (C=N–C) groups is 1. The van der Waals surface area contributed by atoms with E-state index in [0.717, 1.165) is 0 Å². The fourth-order valence-corrected chi connectivity index (χ4v) is 0.390. The molecular weight excluding hydrogens is 201 g/mol. The van der Waals surface area contributed by atoms with Gasteiger partial charge in [-0.1, -0.05) is 6.58 Å². The molecule has 78 valence electrons. The number of aliphatic carboxylic acids is 1. The average molecular weight is 208 g/mol.